The van der Waals surface area contributed by atoms with Gasteiger partial charge in [-0.05, 0) is 23.3 Å². The summed E-state index contributed by atoms with van der Waals surface area (Å²) in [5, 5.41) is 20.1. The molecule has 3 aromatic carbocycles. The zero-order valence-electron chi connectivity index (χ0n) is 17.9. The van der Waals surface area contributed by atoms with Crippen molar-refractivity contribution in [1.82, 2.24) is 19.5 Å². The van der Waals surface area contributed by atoms with Crippen LogP contribution >= 0.6 is 11.8 Å². The minimum atomic E-state index is -3.62. The lowest BCUT2D eigenvalue weighted by molar-refractivity contribution is -0.384. The molecule has 0 fully saturated rings. The van der Waals surface area contributed by atoms with Crippen molar-refractivity contribution in [1.29, 1.82) is 0 Å². The first kappa shape index (κ1) is 23.6. The number of nitro benzene ring substituents is 1. The van der Waals surface area contributed by atoms with Crippen LogP contribution in [-0.4, -0.2) is 28.1 Å². The number of nitro groups is 1. The van der Waals surface area contributed by atoms with E-state index in [-0.39, 0.29) is 18.0 Å². The maximum absolute atomic E-state index is 12.6. The molecule has 4 rings (SSSR count). The van der Waals surface area contributed by atoms with Crippen molar-refractivity contribution in [3.8, 4) is 5.69 Å². The van der Waals surface area contributed by atoms with E-state index in [1.54, 1.807) is 41.0 Å². The highest BCUT2D eigenvalue weighted by Gasteiger charge is 2.19. The molecule has 1 N–H and O–H groups in total. The Morgan fingerprint density at radius 1 is 0.882 bits per heavy atom. The van der Waals surface area contributed by atoms with E-state index in [0.717, 1.165) is 5.56 Å². The van der Waals surface area contributed by atoms with Crippen LogP contribution in [0, 0.1) is 10.1 Å². The number of aromatic nitrogens is 3. The number of rotatable bonds is 10. The molecule has 11 heteroatoms. The van der Waals surface area contributed by atoms with Crippen molar-refractivity contribution in [2.75, 3.05) is 0 Å². The summed E-state index contributed by atoms with van der Waals surface area (Å²) in [5.41, 5.74) is 2.32. The van der Waals surface area contributed by atoms with Crippen molar-refractivity contribution in [3.63, 3.8) is 0 Å². The smallest absolute Gasteiger partial charge is 0.269 e. The maximum Gasteiger partial charge on any atom is 0.269 e. The summed E-state index contributed by atoms with van der Waals surface area (Å²) in [6, 6.07) is 24.7. The lowest BCUT2D eigenvalue weighted by Gasteiger charge is -2.11. The van der Waals surface area contributed by atoms with Crippen LogP contribution in [0.1, 0.15) is 17.0 Å². The van der Waals surface area contributed by atoms with Crippen molar-refractivity contribution in [3.05, 3.63) is 112 Å². The van der Waals surface area contributed by atoms with Crippen LogP contribution in [0.2, 0.25) is 0 Å². The van der Waals surface area contributed by atoms with Crippen LogP contribution in [-0.2, 0) is 28.1 Å². The Bertz CT molecular complexity index is 1360. The van der Waals surface area contributed by atoms with Gasteiger partial charge in [-0.15, -0.1) is 10.2 Å². The molecule has 0 aliphatic carbocycles. The van der Waals surface area contributed by atoms with Crippen LogP contribution in [0.15, 0.2) is 90.1 Å². The van der Waals surface area contributed by atoms with Crippen LogP contribution in [0.3, 0.4) is 0 Å². The van der Waals surface area contributed by atoms with Gasteiger partial charge in [-0.25, -0.2) is 13.1 Å². The normalized spacial score (nSPS) is 11.4. The van der Waals surface area contributed by atoms with E-state index >= 15 is 0 Å². The summed E-state index contributed by atoms with van der Waals surface area (Å²) in [4.78, 5) is 10.6. The van der Waals surface area contributed by atoms with Crippen molar-refractivity contribution in [2.24, 2.45) is 0 Å². The molecule has 0 unspecified atom stereocenters. The van der Waals surface area contributed by atoms with Gasteiger partial charge in [0.25, 0.3) is 5.69 Å². The third-order valence-electron chi connectivity index (χ3n) is 4.88. The lowest BCUT2D eigenvalue weighted by atomic mass is 10.2. The third kappa shape index (κ3) is 6.07. The van der Waals surface area contributed by atoms with E-state index in [9.17, 15) is 18.5 Å². The molecule has 0 aliphatic rings. The average Bonchev–Trinajstić information content (AvgIpc) is 3.25. The molecule has 0 bridgehead atoms. The van der Waals surface area contributed by atoms with Gasteiger partial charge in [0.2, 0.25) is 10.0 Å². The SMILES string of the molecule is O=[N+]([O-])c1ccc(-n2c(CNS(=O)(=O)Cc3ccccc3)nnc2SCc2ccccc2)cc1. The van der Waals surface area contributed by atoms with Crippen LogP contribution in [0.25, 0.3) is 5.69 Å². The highest BCUT2D eigenvalue weighted by atomic mass is 32.2. The molecule has 4 aromatic rings. The van der Waals surface area contributed by atoms with Gasteiger partial charge < -0.3 is 0 Å². The molecule has 34 heavy (non-hydrogen) atoms. The molecular formula is C23H21N5O4S2. The molecule has 1 heterocycles. The second-order valence-electron chi connectivity index (χ2n) is 7.35. The minimum Gasteiger partial charge on any atom is -0.273 e. The number of sulfonamides is 1. The van der Waals surface area contributed by atoms with Crippen molar-refractivity contribution < 1.29 is 13.3 Å². The summed E-state index contributed by atoms with van der Waals surface area (Å²) < 4.78 is 29.5. The molecule has 1 aromatic heterocycles. The third-order valence-corrected chi connectivity index (χ3v) is 7.18. The highest BCUT2D eigenvalue weighted by Crippen LogP contribution is 2.26. The standard InChI is InChI=1S/C23H21N5O4S2/c29-28(30)21-13-11-20(12-14-21)27-22(15-24-34(31,32)17-19-9-5-2-6-10-19)25-26-23(27)33-16-18-7-3-1-4-8-18/h1-14,24H,15-17H2. The molecular weight excluding hydrogens is 474 g/mol. The van der Waals surface area contributed by atoms with Gasteiger partial charge in [-0.1, -0.05) is 72.4 Å². The molecule has 0 saturated heterocycles. The molecule has 0 atom stereocenters. The first-order valence-corrected chi connectivity index (χ1v) is 12.9. The van der Waals surface area contributed by atoms with Gasteiger partial charge in [0, 0.05) is 23.6 Å². The predicted molar refractivity (Wildman–Crippen MR) is 130 cm³/mol. The summed E-state index contributed by atoms with van der Waals surface area (Å²) in [6.45, 7) is -0.0783. The Morgan fingerprint density at radius 2 is 1.50 bits per heavy atom. The largest absolute Gasteiger partial charge is 0.273 e. The summed E-state index contributed by atoms with van der Waals surface area (Å²) in [6.07, 6.45) is 0. The molecule has 0 amide bonds. The predicted octanol–water partition coefficient (Wildman–Crippen LogP) is 4.09. The quantitative estimate of drug-likeness (QED) is 0.200. The summed E-state index contributed by atoms with van der Waals surface area (Å²) in [5.74, 6) is 0.849. The molecule has 9 nitrogen and oxygen atoms in total. The summed E-state index contributed by atoms with van der Waals surface area (Å²) in [7, 11) is -3.62. The maximum atomic E-state index is 12.6. The second kappa shape index (κ2) is 10.6. The van der Waals surface area contributed by atoms with E-state index in [1.165, 1.54) is 23.9 Å². The van der Waals surface area contributed by atoms with Gasteiger partial charge in [-0.3, -0.25) is 14.7 Å². The average molecular weight is 496 g/mol. The van der Waals surface area contributed by atoms with Crippen molar-refractivity contribution in [2.45, 2.75) is 23.2 Å². The van der Waals surface area contributed by atoms with Gasteiger partial charge >= 0.3 is 0 Å². The van der Waals surface area contributed by atoms with Crippen molar-refractivity contribution >= 4 is 27.5 Å². The Labute approximate surface area is 201 Å². The topological polar surface area (TPSA) is 120 Å². The van der Waals surface area contributed by atoms with Crippen LogP contribution < -0.4 is 4.72 Å². The zero-order valence-corrected chi connectivity index (χ0v) is 19.6. The van der Waals surface area contributed by atoms with E-state index in [4.69, 9.17) is 0 Å². The molecule has 0 aliphatic heterocycles. The van der Waals surface area contributed by atoms with Gasteiger partial charge in [0.1, 0.15) is 0 Å². The Kier molecular flexibility index (Phi) is 7.36. The monoisotopic (exact) mass is 495 g/mol. The lowest BCUT2D eigenvalue weighted by Crippen LogP contribution is -2.26. The Morgan fingerprint density at radius 3 is 2.12 bits per heavy atom. The molecule has 0 saturated carbocycles. The van der Waals surface area contributed by atoms with E-state index in [0.29, 0.717) is 28.0 Å². The highest BCUT2D eigenvalue weighted by molar-refractivity contribution is 7.98. The number of thioether (sulfide) groups is 1. The number of benzene rings is 3. The Balaban J connectivity index is 1.58. The fraction of sp³-hybridized carbons (Fsp3) is 0.130. The number of hydrogen-bond acceptors (Lipinski definition) is 7. The van der Waals surface area contributed by atoms with Gasteiger partial charge in [-0.2, -0.15) is 0 Å². The Hall–Kier alpha value is -3.54. The van der Waals surface area contributed by atoms with Gasteiger partial charge in [0.15, 0.2) is 11.0 Å². The van der Waals surface area contributed by atoms with E-state index < -0.39 is 14.9 Å². The minimum absolute atomic E-state index is 0.0413. The molecule has 0 radical (unpaired) electrons. The second-order valence-corrected chi connectivity index (χ2v) is 10.1. The van der Waals surface area contributed by atoms with E-state index in [1.807, 2.05) is 36.4 Å². The zero-order chi connectivity index (χ0) is 24.0. The number of non-ortho nitro benzene ring substituents is 1. The number of nitrogens with zero attached hydrogens (tertiary/aromatic N) is 4. The molecule has 174 valence electrons. The first-order chi connectivity index (χ1) is 16.4. The van der Waals surface area contributed by atoms with Crippen LogP contribution in [0.5, 0.6) is 0 Å². The van der Waals surface area contributed by atoms with Crippen LogP contribution in [0.4, 0.5) is 5.69 Å². The van der Waals surface area contributed by atoms with Gasteiger partial charge in [0.05, 0.1) is 17.2 Å². The number of hydrogen-bond donors (Lipinski definition) is 1. The fourth-order valence-electron chi connectivity index (χ4n) is 3.23. The number of nitrogens with one attached hydrogen (secondary N) is 1. The van der Waals surface area contributed by atoms with E-state index in [2.05, 4.69) is 14.9 Å². The fourth-order valence-corrected chi connectivity index (χ4v) is 5.24. The first-order valence-electron chi connectivity index (χ1n) is 10.3. The molecule has 0 spiro atoms. The summed E-state index contributed by atoms with van der Waals surface area (Å²) >= 11 is 1.44.